The van der Waals surface area contributed by atoms with Gasteiger partial charge in [-0.1, -0.05) is 0 Å². The maximum Gasteiger partial charge on any atom is 0.321 e. The van der Waals surface area contributed by atoms with Crippen molar-refractivity contribution in [3.63, 3.8) is 0 Å². The number of halogens is 1. The Morgan fingerprint density at radius 1 is 1.37 bits per heavy atom. The number of anilines is 2. The second-order valence-corrected chi connectivity index (χ2v) is 4.65. The van der Waals surface area contributed by atoms with Gasteiger partial charge in [0.2, 0.25) is 5.91 Å². The Balaban J connectivity index is 1.94. The first-order valence-electron chi connectivity index (χ1n) is 6.22. The maximum atomic E-state index is 11.5. The minimum atomic E-state index is -0.0844. The summed E-state index contributed by atoms with van der Waals surface area (Å²) in [6, 6.07) is 7.14. The monoisotopic (exact) mass is 281 g/mol. The fourth-order valence-corrected chi connectivity index (χ4v) is 2.03. The lowest BCUT2D eigenvalue weighted by Crippen LogP contribution is -2.27. The van der Waals surface area contributed by atoms with Crippen molar-refractivity contribution in [2.24, 2.45) is 0 Å². The minimum Gasteiger partial charge on any atom is -0.336 e. The molecule has 2 N–H and O–H groups in total. The van der Waals surface area contributed by atoms with E-state index in [1.807, 2.05) is 12.1 Å². The van der Waals surface area contributed by atoms with Crippen LogP contribution in [0, 0.1) is 0 Å². The molecule has 0 aliphatic carbocycles. The Morgan fingerprint density at radius 3 is 2.68 bits per heavy atom. The molecule has 0 bridgehead atoms. The van der Waals surface area contributed by atoms with Crippen LogP contribution in [0.25, 0.3) is 0 Å². The first kappa shape index (κ1) is 13.7. The van der Waals surface area contributed by atoms with Gasteiger partial charge in [-0.3, -0.25) is 9.69 Å². The van der Waals surface area contributed by atoms with Crippen molar-refractivity contribution in [1.82, 2.24) is 5.32 Å². The fourth-order valence-electron chi connectivity index (χ4n) is 1.89. The number of amides is 3. The number of alkyl halides is 1. The quantitative estimate of drug-likeness (QED) is 0.813. The van der Waals surface area contributed by atoms with Gasteiger partial charge >= 0.3 is 6.03 Å². The average molecular weight is 282 g/mol. The highest BCUT2D eigenvalue weighted by Crippen LogP contribution is 2.19. The standard InChI is InChI=1S/C13H16ClN3O2/c14-7-1-2-12(18)16-10-3-5-11(6-4-10)17-9-8-15-13(17)19/h3-6H,1-2,7-9H2,(H,15,19)(H,16,18). The van der Waals surface area contributed by atoms with Crippen molar-refractivity contribution in [3.8, 4) is 0 Å². The Morgan fingerprint density at radius 2 is 2.11 bits per heavy atom. The highest BCUT2D eigenvalue weighted by atomic mass is 35.5. The number of carbonyl (C=O) groups is 2. The molecule has 0 atom stereocenters. The zero-order valence-corrected chi connectivity index (χ0v) is 11.2. The van der Waals surface area contributed by atoms with Crippen molar-refractivity contribution < 1.29 is 9.59 Å². The van der Waals surface area contributed by atoms with Crippen LogP contribution in [-0.2, 0) is 4.79 Å². The van der Waals surface area contributed by atoms with E-state index >= 15 is 0 Å². The summed E-state index contributed by atoms with van der Waals surface area (Å²) in [5, 5.41) is 5.53. The number of nitrogens with zero attached hydrogens (tertiary/aromatic N) is 1. The van der Waals surface area contributed by atoms with E-state index in [-0.39, 0.29) is 11.9 Å². The van der Waals surface area contributed by atoms with Crippen LogP contribution < -0.4 is 15.5 Å². The molecule has 0 spiro atoms. The number of nitrogens with one attached hydrogen (secondary N) is 2. The number of hydrogen-bond donors (Lipinski definition) is 2. The summed E-state index contributed by atoms with van der Waals surface area (Å²) < 4.78 is 0. The number of urea groups is 1. The smallest absolute Gasteiger partial charge is 0.321 e. The summed E-state index contributed by atoms with van der Waals surface area (Å²) in [4.78, 5) is 24.7. The van der Waals surface area contributed by atoms with Crippen LogP contribution in [0.15, 0.2) is 24.3 Å². The van der Waals surface area contributed by atoms with Crippen molar-refractivity contribution in [1.29, 1.82) is 0 Å². The van der Waals surface area contributed by atoms with Gasteiger partial charge in [-0.25, -0.2) is 4.79 Å². The summed E-state index contributed by atoms with van der Waals surface area (Å²) in [5.74, 6) is 0.434. The predicted octanol–water partition coefficient (Wildman–Crippen LogP) is 2.17. The molecule has 102 valence electrons. The first-order valence-corrected chi connectivity index (χ1v) is 6.75. The van der Waals surface area contributed by atoms with Gasteiger partial charge in [-0.05, 0) is 30.7 Å². The van der Waals surface area contributed by atoms with Crippen molar-refractivity contribution in [2.45, 2.75) is 12.8 Å². The lowest BCUT2D eigenvalue weighted by molar-refractivity contribution is -0.116. The lowest BCUT2D eigenvalue weighted by atomic mass is 10.2. The zero-order valence-electron chi connectivity index (χ0n) is 10.5. The van der Waals surface area contributed by atoms with E-state index in [9.17, 15) is 9.59 Å². The summed E-state index contributed by atoms with van der Waals surface area (Å²) in [7, 11) is 0. The van der Waals surface area contributed by atoms with E-state index in [0.717, 1.165) is 11.4 Å². The molecule has 1 aromatic carbocycles. The molecule has 1 aromatic rings. The summed E-state index contributed by atoms with van der Waals surface area (Å²) >= 11 is 5.53. The molecule has 3 amide bonds. The molecule has 1 fully saturated rings. The molecule has 0 saturated carbocycles. The molecule has 0 radical (unpaired) electrons. The van der Waals surface area contributed by atoms with Crippen LogP contribution in [0.5, 0.6) is 0 Å². The molecular formula is C13H16ClN3O2. The molecule has 1 heterocycles. The molecule has 5 nitrogen and oxygen atoms in total. The molecule has 6 heteroatoms. The van der Waals surface area contributed by atoms with Gasteiger partial charge in [0.05, 0.1) is 0 Å². The van der Waals surface area contributed by atoms with Gasteiger partial charge in [-0.2, -0.15) is 0 Å². The molecule has 2 rings (SSSR count). The summed E-state index contributed by atoms with van der Waals surface area (Å²) in [6.45, 7) is 1.33. The van der Waals surface area contributed by atoms with Gasteiger partial charge in [-0.15, -0.1) is 11.6 Å². The van der Waals surface area contributed by atoms with Crippen LogP contribution >= 0.6 is 11.6 Å². The van der Waals surface area contributed by atoms with Crippen LogP contribution in [-0.4, -0.2) is 30.9 Å². The van der Waals surface area contributed by atoms with Gasteiger partial charge < -0.3 is 10.6 Å². The Labute approximate surface area is 116 Å². The van der Waals surface area contributed by atoms with Gasteiger partial charge in [0.1, 0.15) is 0 Å². The Kier molecular flexibility index (Phi) is 4.63. The molecule has 1 aliphatic heterocycles. The third-order valence-electron chi connectivity index (χ3n) is 2.86. The summed E-state index contributed by atoms with van der Waals surface area (Å²) in [5.41, 5.74) is 1.55. The van der Waals surface area contributed by atoms with E-state index in [1.54, 1.807) is 17.0 Å². The molecule has 0 unspecified atom stereocenters. The van der Waals surface area contributed by atoms with Crippen LogP contribution in [0.1, 0.15) is 12.8 Å². The molecule has 19 heavy (non-hydrogen) atoms. The normalized spacial score (nSPS) is 14.4. The molecule has 1 aliphatic rings. The predicted molar refractivity (Wildman–Crippen MR) is 75.8 cm³/mol. The molecular weight excluding hydrogens is 266 g/mol. The average Bonchev–Trinajstić information content (AvgIpc) is 2.83. The lowest BCUT2D eigenvalue weighted by Gasteiger charge is -2.14. The number of carbonyl (C=O) groups excluding carboxylic acids is 2. The van der Waals surface area contributed by atoms with Gasteiger partial charge in [0.25, 0.3) is 0 Å². The third kappa shape index (κ3) is 3.61. The van der Waals surface area contributed by atoms with Gasteiger partial charge in [0, 0.05) is 36.8 Å². The van der Waals surface area contributed by atoms with E-state index < -0.39 is 0 Å². The summed E-state index contributed by atoms with van der Waals surface area (Å²) in [6.07, 6.45) is 1.08. The highest BCUT2D eigenvalue weighted by Gasteiger charge is 2.20. The van der Waals surface area contributed by atoms with E-state index in [0.29, 0.717) is 31.8 Å². The number of rotatable bonds is 5. The second-order valence-electron chi connectivity index (χ2n) is 4.27. The van der Waals surface area contributed by atoms with E-state index in [1.165, 1.54) is 0 Å². The topological polar surface area (TPSA) is 61.4 Å². The third-order valence-corrected chi connectivity index (χ3v) is 3.12. The van der Waals surface area contributed by atoms with Crippen molar-refractivity contribution in [2.75, 3.05) is 29.2 Å². The first-order chi connectivity index (χ1) is 9.20. The van der Waals surface area contributed by atoms with E-state index in [2.05, 4.69) is 10.6 Å². The second kappa shape index (κ2) is 6.43. The van der Waals surface area contributed by atoms with Crippen molar-refractivity contribution in [3.05, 3.63) is 24.3 Å². The van der Waals surface area contributed by atoms with Crippen LogP contribution in [0.3, 0.4) is 0 Å². The Bertz CT molecular complexity index is 461. The van der Waals surface area contributed by atoms with Crippen molar-refractivity contribution >= 4 is 34.9 Å². The molecule has 1 saturated heterocycles. The van der Waals surface area contributed by atoms with Gasteiger partial charge in [0.15, 0.2) is 0 Å². The fraction of sp³-hybridized carbons (Fsp3) is 0.385. The number of benzene rings is 1. The SMILES string of the molecule is O=C(CCCCl)Nc1ccc(N2CCNC2=O)cc1. The Hall–Kier alpha value is -1.75. The highest BCUT2D eigenvalue weighted by molar-refractivity contribution is 6.18. The zero-order chi connectivity index (χ0) is 13.7. The van der Waals surface area contributed by atoms with Crippen LogP contribution in [0.2, 0.25) is 0 Å². The minimum absolute atomic E-state index is 0.0488. The van der Waals surface area contributed by atoms with E-state index in [4.69, 9.17) is 11.6 Å². The largest absolute Gasteiger partial charge is 0.336 e. The van der Waals surface area contributed by atoms with Crippen LogP contribution in [0.4, 0.5) is 16.2 Å². The maximum absolute atomic E-state index is 11.5. The molecule has 0 aromatic heterocycles. The number of hydrogen-bond acceptors (Lipinski definition) is 2.